The van der Waals surface area contributed by atoms with Gasteiger partial charge >= 0.3 is 0 Å². The van der Waals surface area contributed by atoms with Gasteiger partial charge in [0.25, 0.3) is 0 Å². The van der Waals surface area contributed by atoms with Crippen molar-refractivity contribution < 1.29 is 9.18 Å². The molecular weight excluding hydrogens is 341 g/mol. The highest BCUT2D eigenvalue weighted by Gasteiger charge is 2.17. The Morgan fingerprint density at radius 2 is 2.00 bits per heavy atom. The number of hydrogen-bond acceptors (Lipinski definition) is 2. The lowest BCUT2D eigenvalue weighted by Gasteiger charge is -2.08. The molecular formula is C22H26FN3O. The van der Waals surface area contributed by atoms with E-state index in [-0.39, 0.29) is 18.1 Å². The molecule has 0 fully saturated rings. The molecule has 0 unspecified atom stereocenters. The predicted octanol–water partition coefficient (Wildman–Crippen LogP) is 4.61. The lowest BCUT2D eigenvalue weighted by molar-refractivity contribution is -0.120. The molecule has 2 aromatic heterocycles. The van der Waals surface area contributed by atoms with Crippen molar-refractivity contribution in [2.75, 3.05) is 6.54 Å². The molecule has 27 heavy (non-hydrogen) atoms. The summed E-state index contributed by atoms with van der Waals surface area (Å²) < 4.78 is 15.7. The van der Waals surface area contributed by atoms with Gasteiger partial charge in [0.05, 0.1) is 17.8 Å². The topological polar surface area (TPSA) is 46.4 Å². The summed E-state index contributed by atoms with van der Waals surface area (Å²) in [4.78, 5) is 17.2. The summed E-state index contributed by atoms with van der Waals surface area (Å²) in [7, 11) is 0. The molecule has 142 valence electrons. The van der Waals surface area contributed by atoms with Crippen LogP contribution in [0.1, 0.15) is 43.0 Å². The van der Waals surface area contributed by atoms with Crippen LogP contribution in [0.25, 0.3) is 16.9 Å². The average Bonchev–Trinajstić information content (AvgIpc) is 2.99. The van der Waals surface area contributed by atoms with Crippen molar-refractivity contribution in [3.63, 3.8) is 0 Å². The molecule has 0 bridgehead atoms. The fourth-order valence-electron chi connectivity index (χ4n) is 3.21. The minimum Gasteiger partial charge on any atom is -0.356 e. The Hall–Kier alpha value is -2.69. The van der Waals surface area contributed by atoms with Gasteiger partial charge in [-0.25, -0.2) is 9.37 Å². The maximum atomic E-state index is 13.7. The summed E-state index contributed by atoms with van der Waals surface area (Å²) in [5.74, 6) is -0.261. The molecule has 0 atom stereocenters. The number of halogens is 1. The Balaban J connectivity index is 1.96. The Kier molecular flexibility index (Phi) is 5.89. The number of aryl methyl sites for hydroxylation is 2. The number of aromatic nitrogens is 2. The standard InChI is InChI=1S/C22H26FN3O/c1-4-5-6-11-24-21(27)13-19-22(17-8-9-18(23)16(3)12-17)25-20-10-7-15(2)14-26(19)20/h7-10,12,14H,4-6,11,13H2,1-3H3,(H,24,27). The summed E-state index contributed by atoms with van der Waals surface area (Å²) in [6.07, 6.45) is 5.44. The van der Waals surface area contributed by atoms with Crippen molar-refractivity contribution in [1.29, 1.82) is 0 Å². The van der Waals surface area contributed by atoms with E-state index in [0.29, 0.717) is 12.1 Å². The van der Waals surface area contributed by atoms with Gasteiger partial charge in [-0.1, -0.05) is 25.8 Å². The van der Waals surface area contributed by atoms with Crippen molar-refractivity contribution in [2.45, 2.75) is 46.5 Å². The molecule has 0 aliphatic heterocycles. The SMILES string of the molecule is CCCCCNC(=O)Cc1c(-c2ccc(F)c(C)c2)nc2ccc(C)cn12. The Morgan fingerprint density at radius 3 is 2.74 bits per heavy atom. The van der Waals surface area contributed by atoms with E-state index in [1.54, 1.807) is 19.1 Å². The number of hydrogen-bond donors (Lipinski definition) is 1. The van der Waals surface area contributed by atoms with Crippen LogP contribution >= 0.6 is 0 Å². The van der Waals surface area contributed by atoms with Crippen molar-refractivity contribution in [3.05, 3.63) is 59.2 Å². The van der Waals surface area contributed by atoms with Crippen LogP contribution in [0.2, 0.25) is 0 Å². The highest BCUT2D eigenvalue weighted by molar-refractivity contribution is 5.81. The highest BCUT2D eigenvalue weighted by Crippen LogP contribution is 2.27. The molecule has 1 aromatic carbocycles. The minimum absolute atomic E-state index is 0.0190. The van der Waals surface area contributed by atoms with Gasteiger partial charge in [-0.15, -0.1) is 0 Å². The van der Waals surface area contributed by atoms with Gasteiger partial charge in [0.2, 0.25) is 5.91 Å². The molecule has 0 saturated carbocycles. The summed E-state index contributed by atoms with van der Waals surface area (Å²) in [6.45, 7) is 6.57. The zero-order valence-corrected chi connectivity index (χ0v) is 16.2. The summed E-state index contributed by atoms with van der Waals surface area (Å²) >= 11 is 0. The third kappa shape index (κ3) is 4.35. The van der Waals surface area contributed by atoms with Crippen LogP contribution in [-0.2, 0) is 11.2 Å². The maximum Gasteiger partial charge on any atom is 0.226 e. The molecule has 5 heteroatoms. The molecule has 2 heterocycles. The minimum atomic E-state index is -0.242. The van der Waals surface area contributed by atoms with E-state index in [1.807, 2.05) is 29.7 Å². The Bertz CT molecular complexity index is 962. The van der Waals surface area contributed by atoms with Gasteiger partial charge in [-0.3, -0.25) is 4.79 Å². The molecule has 0 spiro atoms. The monoisotopic (exact) mass is 367 g/mol. The number of imidazole rings is 1. The summed E-state index contributed by atoms with van der Waals surface area (Å²) in [5, 5.41) is 2.99. The average molecular weight is 367 g/mol. The molecule has 3 rings (SSSR count). The van der Waals surface area contributed by atoms with Crippen molar-refractivity contribution in [1.82, 2.24) is 14.7 Å². The first-order valence-corrected chi connectivity index (χ1v) is 9.50. The van der Waals surface area contributed by atoms with Crippen molar-refractivity contribution in [3.8, 4) is 11.3 Å². The van der Waals surface area contributed by atoms with E-state index in [0.717, 1.165) is 47.4 Å². The third-order valence-electron chi connectivity index (χ3n) is 4.73. The first kappa shape index (κ1) is 19.1. The number of amides is 1. The second-order valence-electron chi connectivity index (χ2n) is 7.04. The number of fused-ring (bicyclic) bond motifs is 1. The third-order valence-corrected chi connectivity index (χ3v) is 4.73. The van der Waals surface area contributed by atoms with E-state index in [4.69, 9.17) is 4.98 Å². The summed E-state index contributed by atoms with van der Waals surface area (Å²) in [6, 6.07) is 8.90. The second kappa shape index (κ2) is 8.33. The number of nitrogens with one attached hydrogen (secondary N) is 1. The highest BCUT2D eigenvalue weighted by atomic mass is 19.1. The zero-order chi connectivity index (χ0) is 19.4. The van der Waals surface area contributed by atoms with Gasteiger partial charge in [0, 0.05) is 18.3 Å². The van der Waals surface area contributed by atoms with Gasteiger partial charge in [-0.2, -0.15) is 0 Å². The molecule has 0 aliphatic carbocycles. The van der Waals surface area contributed by atoms with Gasteiger partial charge in [0.1, 0.15) is 11.5 Å². The smallest absolute Gasteiger partial charge is 0.226 e. The number of pyridine rings is 1. The molecule has 0 aliphatic rings. The van der Waals surface area contributed by atoms with Crippen molar-refractivity contribution in [2.24, 2.45) is 0 Å². The summed E-state index contributed by atoms with van der Waals surface area (Å²) in [5.41, 5.74) is 4.82. The van der Waals surface area contributed by atoms with E-state index < -0.39 is 0 Å². The number of nitrogens with zero attached hydrogens (tertiary/aromatic N) is 2. The quantitative estimate of drug-likeness (QED) is 0.620. The largest absolute Gasteiger partial charge is 0.356 e. The van der Waals surface area contributed by atoms with Crippen molar-refractivity contribution >= 4 is 11.6 Å². The van der Waals surface area contributed by atoms with Gasteiger partial charge < -0.3 is 9.72 Å². The van der Waals surface area contributed by atoms with Crippen LogP contribution in [0.3, 0.4) is 0 Å². The second-order valence-corrected chi connectivity index (χ2v) is 7.04. The molecule has 0 radical (unpaired) electrons. The normalized spacial score (nSPS) is 11.1. The van der Waals surface area contributed by atoms with Crippen LogP contribution in [-0.4, -0.2) is 21.8 Å². The molecule has 1 amide bonds. The Morgan fingerprint density at radius 1 is 1.19 bits per heavy atom. The number of rotatable bonds is 7. The number of benzene rings is 1. The number of carbonyl (C=O) groups excluding carboxylic acids is 1. The first-order valence-electron chi connectivity index (χ1n) is 9.50. The zero-order valence-electron chi connectivity index (χ0n) is 16.2. The van der Waals surface area contributed by atoms with E-state index in [1.165, 1.54) is 6.07 Å². The molecule has 1 N–H and O–H groups in total. The lowest BCUT2D eigenvalue weighted by atomic mass is 10.1. The van der Waals surface area contributed by atoms with Crippen LogP contribution in [0.5, 0.6) is 0 Å². The fourth-order valence-corrected chi connectivity index (χ4v) is 3.21. The molecule has 4 nitrogen and oxygen atoms in total. The first-order chi connectivity index (χ1) is 13.0. The maximum absolute atomic E-state index is 13.7. The lowest BCUT2D eigenvalue weighted by Crippen LogP contribution is -2.26. The van der Waals surface area contributed by atoms with Crippen LogP contribution < -0.4 is 5.32 Å². The van der Waals surface area contributed by atoms with E-state index in [2.05, 4.69) is 12.2 Å². The van der Waals surface area contributed by atoms with E-state index in [9.17, 15) is 9.18 Å². The molecule has 0 saturated heterocycles. The van der Waals surface area contributed by atoms with Crippen LogP contribution in [0, 0.1) is 19.7 Å². The van der Waals surface area contributed by atoms with Gasteiger partial charge in [-0.05, 0) is 55.7 Å². The van der Waals surface area contributed by atoms with Crippen LogP contribution in [0.15, 0.2) is 36.5 Å². The molecule has 3 aromatic rings. The van der Waals surface area contributed by atoms with E-state index >= 15 is 0 Å². The number of unbranched alkanes of at least 4 members (excludes halogenated alkanes) is 2. The predicted molar refractivity (Wildman–Crippen MR) is 106 cm³/mol. The van der Waals surface area contributed by atoms with Crippen LogP contribution in [0.4, 0.5) is 4.39 Å². The number of carbonyl (C=O) groups is 1. The van der Waals surface area contributed by atoms with Gasteiger partial charge in [0.15, 0.2) is 0 Å². The Labute approximate surface area is 159 Å². The fraction of sp³-hybridized carbons (Fsp3) is 0.364.